The number of halogens is 1. The first-order valence-electron chi connectivity index (χ1n) is 7.05. The van der Waals surface area contributed by atoms with Gasteiger partial charge in [0.2, 0.25) is 0 Å². The number of hydrogen-bond donors (Lipinski definition) is 2. The average Bonchev–Trinajstić information content (AvgIpc) is 2.89. The minimum atomic E-state index is -0.229. The average molecular weight is 266 g/mol. The highest BCUT2D eigenvalue weighted by Crippen LogP contribution is 2.32. The van der Waals surface area contributed by atoms with Gasteiger partial charge in [0.1, 0.15) is 5.82 Å². The monoisotopic (exact) mass is 266 g/mol. The molecule has 1 fully saturated rings. The number of rotatable bonds is 5. The standard InChI is InChI=1S/C15H23FN2O/c1-2-14(17)15(11-5-7-12(16)8-6-11)18-9-3-4-13(18)10-19/h5-8,13-15,19H,2-4,9-10,17H2,1H3. The lowest BCUT2D eigenvalue weighted by molar-refractivity contribution is 0.104. The summed E-state index contributed by atoms with van der Waals surface area (Å²) in [6, 6.07) is 6.81. The van der Waals surface area contributed by atoms with Gasteiger partial charge in [-0.3, -0.25) is 4.90 Å². The normalized spacial score (nSPS) is 23.5. The Morgan fingerprint density at radius 1 is 1.42 bits per heavy atom. The fourth-order valence-electron chi connectivity index (χ4n) is 2.99. The molecule has 0 radical (unpaired) electrons. The first kappa shape index (κ1) is 14.4. The van der Waals surface area contributed by atoms with E-state index in [1.54, 1.807) is 0 Å². The number of nitrogens with zero attached hydrogens (tertiary/aromatic N) is 1. The van der Waals surface area contributed by atoms with Crippen molar-refractivity contribution < 1.29 is 9.50 Å². The summed E-state index contributed by atoms with van der Waals surface area (Å²) in [4.78, 5) is 2.28. The molecule has 3 unspecified atom stereocenters. The molecule has 1 heterocycles. The highest BCUT2D eigenvalue weighted by atomic mass is 19.1. The lowest BCUT2D eigenvalue weighted by Gasteiger charge is -2.36. The van der Waals surface area contributed by atoms with Gasteiger partial charge in [0.25, 0.3) is 0 Å². The Labute approximate surface area is 114 Å². The van der Waals surface area contributed by atoms with Crippen LogP contribution in [0.2, 0.25) is 0 Å². The van der Waals surface area contributed by atoms with Crippen molar-refractivity contribution in [2.75, 3.05) is 13.2 Å². The molecule has 1 saturated heterocycles. The minimum absolute atomic E-state index is 0.00221. The molecule has 1 aliphatic rings. The third kappa shape index (κ3) is 3.14. The topological polar surface area (TPSA) is 49.5 Å². The Morgan fingerprint density at radius 3 is 2.68 bits per heavy atom. The van der Waals surface area contributed by atoms with Gasteiger partial charge >= 0.3 is 0 Å². The first-order chi connectivity index (χ1) is 9.17. The molecule has 2 rings (SSSR count). The summed E-state index contributed by atoms with van der Waals surface area (Å²) < 4.78 is 13.1. The lowest BCUT2D eigenvalue weighted by atomic mass is 9.95. The molecule has 106 valence electrons. The second-order valence-corrected chi connectivity index (χ2v) is 5.28. The molecule has 0 saturated carbocycles. The number of aliphatic hydroxyl groups excluding tert-OH is 1. The molecule has 0 aliphatic carbocycles. The highest BCUT2D eigenvalue weighted by Gasteiger charge is 2.33. The van der Waals surface area contributed by atoms with E-state index < -0.39 is 0 Å². The summed E-state index contributed by atoms with van der Waals surface area (Å²) in [5, 5.41) is 9.49. The predicted octanol–water partition coefficient (Wildman–Crippen LogP) is 2.06. The molecule has 3 nitrogen and oxygen atoms in total. The molecule has 3 N–H and O–H groups in total. The molecular formula is C15H23FN2O. The fraction of sp³-hybridized carbons (Fsp3) is 0.600. The Kier molecular flexibility index (Phi) is 4.91. The van der Waals surface area contributed by atoms with E-state index in [9.17, 15) is 9.50 Å². The van der Waals surface area contributed by atoms with E-state index in [0.717, 1.165) is 31.4 Å². The molecule has 1 aromatic rings. The van der Waals surface area contributed by atoms with Crippen LogP contribution in [0.15, 0.2) is 24.3 Å². The van der Waals surface area contributed by atoms with E-state index in [2.05, 4.69) is 11.8 Å². The van der Waals surface area contributed by atoms with Crippen molar-refractivity contribution in [3.63, 3.8) is 0 Å². The summed E-state index contributed by atoms with van der Waals surface area (Å²) in [6.45, 7) is 3.17. The van der Waals surface area contributed by atoms with Crippen LogP contribution in [0.1, 0.15) is 37.8 Å². The molecule has 3 atom stereocenters. The van der Waals surface area contributed by atoms with Crippen LogP contribution < -0.4 is 5.73 Å². The second kappa shape index (κ2) is 6.46. The summed E-state index contributed by atoms with van der Waals surface area (Å²) >= 11 is 0. The van der Waals surface area contributed by atoms with Crippen LogP contribution in [-0.2, 0) is 0 Å². The van der Waals surface area contributed by atoms with Crippen LogP contribution in [-0.4, -0.2) is 35.2 Å². The SMILES string of the molecule is CCC(N)C(c1ccc(F)cc1)N1CCCC1CO. The van der Waals surface area contributed by atoms with E-state index in [0.29, 0.717) is 0 Å². The van der Waals surface area contributed by atoms with Crippen molar-refractivity contribution in [3.8, 4) is 0 Å². The van der Waals surface area contributed by atoms with Crippen molar-refractivity contribution in [3.05, 3.63) is 35.6 Å². The molecule has 0 spiro atoms. The van der Waals surface area contributed by atoms with Crippen molar-refractivity contribution in [1.29, 1.82) is 0 Å². The molecule has 0 aromatic heterocycles. The largest absolute Gasteiger partial charge is 0.395 e. The lowest BCUT2D eigenvalue weighted by Crippen LogP contribution is -2.44. The van der Waals surface area contributed by atoms with Gasteiger partial charge in [-0.25, -0.2) is 4.39 Å². The number of benzene rings is 1. The van der Waals surface area contributed by atoms with Crippen LogP contribution in [0.3, 0.4) is 0 Å². The first-order valence-corrected chi connectivity index (χ1v) is 7.05. The fourth-order valence-corrected chi connectivity index (χ4v) is 2.99. The number of likely N-dealkylation sites (tertiary alicyclic amines) is 1. The maximum atomic E-state index is 13.1. The third-order valence-electron chi connectivity index (χ3n) is 4.08. The van der Waals surface area contributed by atoms with Gasteiger partial charge in [-0.15, -0.1) is 0 Å². The van der Waals surface area contributed by atoms with Crippen molar-refractivity contribution in [2.24, 2.45) is 5.73 Å². The van der Waals surface area contributed by atoms with E-state index in [-0.39, 0.29) is 30.5 Å². The van der Waals surface area contributed by atoms with Gasteiger partial charge in [-0.2, -0.15) is 0 Å². The van der Waals surface area contributed by atoms with Gasteiger partial charge in [0.15, 0.2) is 0 Å². The molecule has 1 aromatic carbocycles. The number of aliphatic hydroxyl groups is 1. The van der Waals surface area contributed by atoms with Gasteiger partial charge in [0, 0.05) is 12.1 Å². The van der Waals surface area contributed by atoms with E-state index in [4.69, 9.17) is 5.73 Å². The van der Waals surface area contributed by atoms with Crippen molar-refractivity contribution >= 4 is 0 Å². The minimum Gasteiger partial charge on any atom is -0.395 e. The zero-order valence-electron chi connectivity index (χ0n) is 11.4. The van der Waals surface area contributed by atoms with Crippen molar-refractivity contribution in [2.45, 2.75) is 44.3 Å². The zero-order chi connectivity index (χ0) is 13.8. The maximum Gasteiger partial charge on any atom is 0.123 e. The van der Waals surface area contributed by atoms with Crippen LogP contribution in [0.25, 0.3) is 0 Å². The molecule has 19 heavy (non-hydrogen) atoms. The van der Waals surface area contributed by atoms with Crippen LogP contribution in [0.4, 0.5) is 4.39 Å². The van der Waals surface area contributed by atoms with Gasteiger partial charge in [0.05, 0.1) is 12.6 Å². The second-order valence-electron chi connectivity index (χ2n) is 5.28. The molecular weight excluding hydrogens is 243 g/mol. The van der Waals surface area contributed by atoms with Crippen LogP contribution in [0.5, 0.6) is 0 Å². The van der Waals surface area contributed by atoms with E-state index >= 15 is 0 Å². The molecule has 1 aliphatic heterocycles. The molecule has 0 amide bonds. The summed E-state index contributed by atoms with van der Waals surface area (Å²) in [5.74, 6) is -0.229. The van der Waals surface area contributed by atoms with Crippen molar-refractivity contribution in [1.82, 2.24) is 4.90 Å². The highest BCUT2D eigenvalue weighted by molar-refractivity contribution is 5.22. The van der Waals surface area contributed by atoms with Crippen LogP contribution in [0, 0.1) is 5.82 Å². The van der Waals surface area contributed by atoms with E-state index in [1.165, 1.54) is 12.1 Å². The van der Waals surface area contributed by atoms with Gasteiger partial charge in [-0.1, -0.05) is 19.1 Å². The molecule has 0 bridgehead atoms. The summed E-state index contributed by atoms with van der Waals surface area (Å²) in [7, 11) is 0. The Bertz CT molecular complexity index is 396. The number of hydrogen-bond acceptors (Lipinski definition) is 3. The Balaban J connectivity index is 2.27. The quantitative estimate of drug-likeness (QED) is 0.857. The third-order valence-corrected chi connectivity index (χ3v) is 4.08. The summed E-state index contributed by atoms with van der Waals surface area (Å²) in [6.07, 6.45) is 2.95. The van der Waals surface area contributed by atoms with Gasteiger partial charge < -0.3 is 10.8 Å². The Morgan fingerprint density at radius 2 is 2.11 bits per heavy atom. The predicted molar refractivity (Wildman–Crippen MR) is 74.2 cm³/mol. The summed E-state index contributed by atoms with van der Waals surface area (Å²) in [5.41, 5.74) is 7.31. The van der Waals surface area contributed by atoms with E-state index in [1.807, 2.05) is 12.1 Å². The van der Waals surface area contributed by atoms with Crippen LogP contribution >= 0.6 is 0 Å². The molecule has 4 heteroatoms. The zero-order valence-corrected chi connectivity index (χ0v) is 11.4. The number of nitrogens with two attached hydrogens (primary N) is 1. The van der Waals surface area contributed by atoms with Gasteiger partial charge in [-0.05, 0) is 43.5 Å². The smallest absolute Gasteiger partial charge is 0.123 e. The maximum absolute atomic E-state index is 13.1. The Hall–Kier alpha value is -0.970.